The Labute approximate surface area is 112 Å². The lowest BCUT2D eigenvalue weighted by molar-refractivity contribution is 0.191. The fourth-order valence-corrected chi connectivity index (χ4v) is 1.92. The SMILES string of the molecule is CCc1cccc(NCC(O)c2ccc(F)cc2)c1. The van der Waals surface area contributed by atoms with Gasteiger partial charge in [-0.25, -0.2) is 4.39 Å². The summed E-state index contributed by atoms with van der Waals surface area (Å²) in [6.45, 7) is 2.51. The lowest BCUT2D eigenvalue weighted by Gasteiger charge is -2.13. The number of halogens is 1. The van der Waals surface area contributed by atoms with Crippen LogP contribution >= 0.6 is 0 Å². The van der Waals surface area contributed by atoms with Crippen molar-refractivity contribution in [3.8, 4) is 0 Å². The molecule has 2 nitrogen and oxygen atoms in total. The zero-order valence-corrected chi connectivity index (χ0v) is 10.9. The van der Waals surface area contributed by atoms with E-state index in [1.54, 1.807) is 12.1 Å². The first-order valence-electron chi connectivity index (χ1n) is 6.45. The summed E-state index contributed by atoms with van der Waals surface area (Å²) < 4.78 is 12.8. The largest absolute Gasteiger partial charge is 0.387 e. The number of aliphatic hydroxyl groups is 1. The maximum atomic E-state index is 12.8. The van der Waals surface area contributed by atoms with Crippen molar-refractivity contribution >= 4 is 5.69 Å². The van der Waals surface area contributed by atoms with Gasteiger partial charge < -0.3 is 10.4 Å². The lowest BCUT2D eigenvalue weighted by atomic mass is 10.1. The highest BCUT2D eigenvalue weighted by molar-refractivity contribution is 5.46. The highest BCUT2D eigenvalue weighted by Crippen LogP contribution is 2.16. The van der Waals surface area contributed by atoms with E-state index >= 15 is 0 Å². The van der Waals surface area contributed by atoms with Crippen LogP contribution in [0.4, 0.5) is 10.1 Å². The summed E-state index contributed by atoms with van der Waals surface area (Å²) >= 11 is 0. The number of benzene rings is 2. The predicted molar refractivity (Wildman–Crippen MR) is 75.7 cm³/mol. The van der Waals surface area contributed by atoms with Gasteiger partial charge in [0.2, 0.25) is 0 Å². The number of hydrogen-bond acceptors (Lipinski definition) is 2. The Morgan fingerprint density at radius 1 is 1.16 bits per heavy atom. The van der Waals surface area contributed by atoms with Crippen LogP contribution in [0.1, 0.15) is 24.2 Å². The Bertz CT molecular complexity index is 525. The first-order valence-corrected chi connectivity index (χ1v) is 6.45. The molecule has 19 heavy (non-hydrogen) atoms. The summed E-state index contributed by atoms with van der Waals surface area (Å²) in [5, 5.41) is 13.2. The van der Waals surface area contributed by atoms with E-state index in [9.17, 15) is 9.50 Å². The van der Waals surface area contributed by atoms with Crippen molar-refractivity contribution in [2.24, 2.45) is 0 Å². The van der Waals surface area contributed by atoms with Gasteiger partial charge in [-0.3, -0.25) is 0 Å². The summed E-state index contributed by atoms with van der Waals surface area (Å²) in [4.78, 5) is 0. The molecule has 0 spiro atoms. The van der Waals surface area contributed by atoms with Crippen molar-refractivity contribution < 1.29 is 9.50 Å². The van der Waals surface area contributed by atoms with Crippen molar-refractivity contribution in [1.82, 2.24) is 0 Å². The molecule has 0 aliphatic heterocycles. The van der Waals surface area contributed by atoms with Gasteiger partial charge in [-0.1, -0.05) is 31.2 Å². The third-order valence-corrected chi connectivity index (χ3v) is 3.09. The third-order valence-electron chi connectivity index (χ3n) is 3.09. The van der Waals surface area contributed by atoms with Gasteiger partial charge in [-0.15, -0.1) is 0 Å². The zero-order valence-electron chi connectivity index (χ0n) is 10.9. The molecule has 2 aromatic rings. The smallest absolute Gasteiger partial charge is 0.123 e. The molecule has 100 valence electrons. The molecule has 2 rings (SSSR count). The van der Waals surface area contributed by atoms with Gasteiger partial charge in [0.15, 0.2) is 0 Å². The standard InChI is InChI=1S/C16H18FNO/c1-2-12-4-3-5-15(10-12)18-11-16(19)13-6-8-14(17)9-7-13/h3-10,16,18-19H,2,11H2,1H3. The van der Waals surface area contributed by atoms with E-state index in [2.05, 4.69) is 24.4 Å². The second-order valence-corrected chi connectivity index (χ2v) is 4.50. The minimum absolute atomic E-state index is 0.292. The number of hydrogen-bond donors (Lipinski definition) is 2. The summed E-state index contributed by atoms with van der Waals surface area (Å²) in [6.07, 6.45) is 0.335. The predicted octanol–water partition coefficient (Wildman–Crippen LogP) is 3.53. The molecular weight excluding hydrogens is 241 g/mol. The average Bonchev–Trinajstić information content (AvgIpc) is 2.46. The molecule has 3 heteroatoms. The summed E-state index contributed by atoms with van der Waals surface area (Å²) in [5.74, 6) is -0.292. The van der Waals surface area contributed by atoms with Crippen LogP contribution in [0.3, 0.4) is 0 Å². The van der Waals surface area contributed by atoms with Gasteiger partial charge in [0.05, 0.1) is 6.10 Å². The maximum absolute atomic E-state index is 12.8. The topological polar surface area (TPSA) is 32.3 Å². The lowest BCUT2D eigenvalue weighted by Crippen LogP contribution is -2.12. The molecule has 2 N–H and O–H groups in total. The van der Waals surface area contributed by atoms with E-state index in [1.165, 1.54) is 17.7 Å². The van der Waals surface area contributed by atoms with Crippen LogP contribution in [0.2, 0.25) is 0 Å². The Hall–Kier alpha value is -1.87. The van der Waals surface area contributed by atoms with Crippen molar-refractivity contribution in [1.29, 1.82) is 0 Å². The quantitative estimate of drug-likeness (QED) is 0.861. The molecular formula is C16H18FNO. The molecule has 1 unspecified atom stereocenters. The van der Waals surface area contributed by atoms with Gasteiger partial charge in [0.25, 0.3) is 0 Å². The van der Waals surface area contributed by atoms with E-state index in [0.717, 1.165) is 12.1 Å². The van der Waals surface area contributed by atoms with Crippen LogP contribution in [0.5, 0.6) is 0 Å². The van der Waals surface area contributed by atoms with Crippen molar-refractivity contribution in [2.75, 3.05) is 11.9 Å². The molecule has 1 atom stereocenters. The monoisotopic (exact) mass is 259 g/mol. The summed E-state index contributed by atoms with van der Waals surface area (Å²) in [5.41, 5.74) is 2.95. The molecule has 0 saturated heterocycles. The average molecular weight is 259 g/mol. The Kier molecular flexibility index (Phi) is 4.53. The fraction of sp³-hybridized carbons (Fsp3) is 0.250. The Morgan fingerprint density at radius 2 is 1.89 bits per heavy atom. The number of aryl methyl sites for hydroxylation is 1. The molecule has 0 aliphatic rings. The molecule has 0 saturated carbocycles. The van der Waals surface area contributed by atoms with Gasteiger partial charge in [-0.2, -0.15) is 0 Å². The summed E-state index contributed by atoms with van der Waals surface area (Å²) in [6, 6.07) is 14.0. The zero-order chi connectivity index (χ0) is 13.7. The van der Waals surface area contributed by atoms with Crippen LogP contribution in [-0.2, 0) is 6.42 Å². The van der Waals surface area contributed by atoms with Crippen molar-refractivity contribution in [3.63, 3.8) is 0 Å². The van der Waals surface area contributed by atoms with Crippen molar-refractivity contribution in [3.05, 3.63) is 65.5 Å². The second-order valence-electron chi connectivity index (χ2n) is 4.50. The fourth-order valence-electron chi connectivity index (χ4n) is 1.92. The maximum Gasteiger partial charge on any atom is 0.123 e. The third kappa shape index (κ3) is 3.80. The Morgan fingerprint density at radius 3 is 2.58 bits per heavy atom. The molecule has 0 bridgehead atoms. The molecule has 0 aromatic heterocycles. The summed E-state index contributed by atoms with van der Waals surface area (Å²) in [7, 11) is 0. The van der Waals surface area contributed by atoms with E-state index in [0.29, 0.717) is 12.1 Å². The van der Waals surface area contributed by atoms with Crippen LogP contribution in [-0.4, -0.2) is 11.7 Å². The first-order chi connectivity index (χ1) is 9.19. The highest BCUT2D eigenvalue weighted by atomic mass is 19.1. The minimum Gasteiger partial charge on any atom is -0.387 e. The van der Waals surface area contributed by atoms with Crippen LogP contribution in [0.25, 0.3) is 0 Å². The molecule has 0 aliphatic carbocycles. The van der Waals surface area contributed by atoms with Crippen LogP contribution in [0, 0.1) is 5.82 Å². The minimum atomic E-state index is -0.647. The number of aliphatic hydroxyl groups excluding tert-OH is 1. The molecule has 0 heterocycles. The van der Waals surface area contributed by atoms with Gasteiger partial charge >= 0.3 is 0 Å². The van der Waals surface area contributed by atoms with Crippen molar-refractivity contribution in [2.45, 2.75) is 19.4 Å². The van der Waals surface area contributed by atoms with Gasteiger partial charge in [0.1, 0.15) is 5.82 Å². The van der Waals surface area contributed by atoms with E-state index < -0.39 is 6.10 Å². The normalized spacial score (nSPS) is 12.2. The van der Waals surface area contributed by atoms with E-state index in [1.807, 2.05) is 12.1 Å². The number of rotatable bonds is 5. The van der Waals surface area contributed by atoms with Crippen LogP contribution < -0.4 is 5.32 Å². The molecule has 0 radical (unpaired) electrons. The van der Waals surface area contributed by atoms with Gasteiger partial charge in [0, 0.05) is 12.2 Å². The van der Waals surface area contributed by atoms with Gasteiger partial charge in [-0.05, 0) is 41.8 Å². The number of nitrogens with one attached hydrogen (secondary N) is 1. The number of anilines is 1. The van der Waals surface area contributed by atoms with E-state index in [4.69, 9.17) is 0 Å². The molecule has 0 fully saturated rings. The highest BCUT2D eigenvalue weighted by Gasteiger charge is 2.07. The Balaban J connectivity index is 1.96. The first kappa shape index (κ1) is 13.6. The second kappa shape index (κ2) is 6.34. The molecule has 2 aromatic carbocycles. The molecule has 0 amide bonds. The van der Waals surface area contributed by atoms with Crippen LogP contribution in [0.15, 0.2) is 48.5 Å². The van der Waals surface area contributed by atoms with E-state index in [-0.39, 0.29) is 5.82 Å².